The van der Waals surface area contributed by atoms with Gasteiger partial charge in [-0.1, -0.05) is 6.07 Å². The third kappa shape index (κ3) is 3.62. The first-order chi connectivity index (χ1) is 13.7. The summed E-state index contributed by atoms with van der Waals surface area (Å²) >= 11 is 0.846. The summed E-state index contributed by atoms with van der Waals surface area (Å²) in [7, 11) is -4.25. The molecule has 4 nitrogen and oxygen atoms in total. The first-order valence-electron chi connectivity index (χ1n) is 8.11. The van der Waals surface area contributed by atoms with Gasteiger partial charge >= 0.3 is 12.4 Å². The topological polar surface area (TPSA) is 57.6 Å². The molecule has 1 aliphatic rings. The van der Waals surface area contributed by atoms with Gasteiger partial charge in [0.15, 0.2) is 0 Å². The Kier molecular flexibility index (Phi) is 5.53. The van der Waals surface area contributed by atoms with Crippen LogP contribution in [0.4, 0.5) is 36.4 Å². The molecule has 2 aromatic rings. The number of fused-ring (bicyclic) bond motifs is 1. The Bertz CT molecular complexity index is 1040. The standard InChI is InChI=1S/C17H12F7NO3S2/c18-11-2-4-12(5-3-11)30(27,28)25-7-8-29-14-9-10(1-6-13(14)25)15(26,16(19,20)21)17(22,23)24/h1-6,9,26H,7-8H2. The zero-order chi connectivity index (χ0) is 22.5. The summed E-state index contributed by atoms with van der Waals surface area (Å²) in [6.45, 7) is -0.112. The van der Waals surface area contributed by atoms with Crippen LogP contribution >= 0.6 is 11.8 Å². The van der Waals surface area contributed by atoms with Crippen LogP contribution in [-0.2, 0) is 15.6 Å². The highest BCUT2D eigenvalue weighted by Crippen LogP contribution is 2.51. The van der Waals surface area contributed by atoms with E-state index >= 15 is 0 Å². The Hall–Kier alpha value is -1.99. The summed E-state index contributed by atoms with van der Waals surface area (Å²) in [5.41, 5.74) is -6.74. The largest absolute Gasteiger partial charge is 0.430 e. The molecule has 0 saturated heterocycles. The summed E-state index contributed by atoms with van der Waals surface area (Å²) in [5.74, 6) is -0.653. The molecule has 0 amide bonds. The SMILES string of the molecule is O=S(=O)(c1ccc(F)cc1)N1CCSc2cc(C(O)(C(F)(F)F)C(F)(F)F)ccc21. The molecule has 2 aromatic carbocycles. The number of aliphatic hydroxyl groups is 1. The van der Waals surface area contributed by atoms with E-state index in [2.05, 4.69) is 0 Å². The molecule has 1 N–H and O–H groups in total. The Morgan fingerprint density at radius 2 is 1.50 bits per heavy atom. The van der Waals surface area contributed by atoms with E-state index in [-0.39, 0.29) is 27.8 Å². The van der Waals surface area contributed by atoms with E-state index in [0.717, 1.165) is 46.4 Å². The Morgan fingerprint density at radius 1 is 0.933 bits per heavy atom. The van der Waals surface area contributed by atoms with Gasteiger partial charge in [0, 0.05) is 22.8 Å². The average molecular weight is 475 g/mol. The fraction of sp³-hybridized carbons (Fsp3) is 0.294. The van der Waals surface area contributed by atoms with Gasteiger partial charge in [0.2, 0.25) is 0 Å². The van der Waals surface area contributed by atoms with Gasteiger partial charge < -0.3 is 5.11 Å². The van der Waals surface area contributed by atoms with E-state index in [0.29, 0.717) is 12.1 Å². The third-order valence-electron chi connectivity index (χ3n) is 4.42. The van der Waals surface area contributed by atoms with Crippen LogP contribution in [0.1, 0.15) is 5.56 Å². The fourth-order valence-electron chi connectivity index (χ4n) is 2.89. The molecule has 30 heavy (non-hydrogen) atoms. The molecule has 1 aliphatic heterocycles. The highest BCUT2D eigenvalue weighted by molar-refractivity contribution is 8.00. The van der Waals surface area contributed by atoms with E-state index in [9.17, 15) is 44.3 Å². The maximum atomic E-state index is 13.1. The number of sulfonamides is 1. The molecule has 0 bridgehead atoms. The normalized spacial score (nSPS) is 15.8. The van der Waals surface area contributed by atoms with Crippen molar-refractivity contribution >= 4 is 27.5 Å². The van der Waals surface area contributed by atoms with Gasteiger partial charge in [0.25, 0.3) is 15.6 Å². The monoisotopic (exact) mass is 475 g/mol. The van der Waals surface area contributed by atoms with Gasteiger partial charge in [-0.2, -0.15) is 26.3 Å². The van der Waals surface area contributed by atoms with Gasteiger partial charge in [-0.3, -0.25) is 4.31 Å². The predicted molar refractivity (Wildman–Crippen MR) is 94.1 cm³/mol. The lowest BCUT2D eigenvalue weighted by atomic mass is 9.92. The highest BCUT2D eigenvalue weighted by atomic mass is 32.2. The van der Waals surface area contributed by atoms with Crippen LogP contribution in [0.15, 0.2) is 52.3 Å². The molecule has 164 valence electrons. The molecule has 0 saturated carbocycles. The summed E-state index contributed by atoms with van der Waals surface area (Å²) in [5, 5.41) is 9.56. The molecule has 0 unspecified atom stereocenters. The zero-order valence-electron chi connectivity index (χ0n) is 14.6. The van der Waals surface area contributed by atoms with Gasteiger partial charge in [0.05, 0.1) is 10.6 Å². The Balaban J connectivity index is 2.10. The van der Waals surface area contributed by atoms with Crippen LogP contribution in [0.25, 0.3) is 0 Å². The smallest absolute Gasteiger partial charge is 0.369 e. The van der Waals surface area contributed by atoms with Crippen LogP contribution < -0.4 is 4.31 Å². The number of nitrogens with zero attached hydrogens (tertiary/aromatic N) is 1. The fourth-order valence-corrected chi connectivity index (χ4v) is 5.58. The average Bonchev–Trinajstić information content (AvgIpc) is 2.65. The zero-order valence-corrected chi connectivity index (χ0v) is 16.3. The van der Waals surface area contributed by atoms with Crippen molar-refractivity contribution < 1.29 is 44.3 Å². The van der Waals surface area contributed by atoms with Crippen LogP contribution in [0.5, 0.6) is 0 Å². The van der Waals surface area contributed by atoms with E-state index in [1.165, 1.54) is 0 Å². The Morgan fingerprint density at radius 3 is 2.03 bits per heavy atom. The van der Waals surface area contributed by atoms with Crippen molar-refractivity contribution in [3.63, 3.8) is 0 Å². The minimum Gasteiger partial charge on any atom is -0.369 e. The van der Waals surface area contributed by atoms with Crippen molar-refractivity contribution in [1.29, 1.82) is 0 Å². The number of anilines is 1. The highest BCUT2D eigenvalue weighted by Gasteiger charge is 2.71. The summed E-state index contributed by atoms with van der Waals surface area (Å²) in [6, 6.07) is 5.44. The second kappa shape index (κ2) is 7.31. The summed E-state index contributed by atoms with van der Waals surface area (Å²) in [6.07, 6.45) is -12.1. The Labute approximate surface area is 170 Å². The molecule has 1 heterocycles. The van der Waals surface area contributed by atoms with Crippen LogP contribution in [0.3, 0.4) is 0 Å². The first kappa shape index (κ1) is 22.7. The molecule has 0 radical (unpaired) electrons. The summed E-state index contributed by atoms with van der Waals surface area (Å²) in [4.78, 5) is -0.482. The second-order valence-corrected chi connectivity index (χ2v) is 9.27. The third-order valence-corrected chi connectivity index (χ3v) is 7.27. The van der Waals surface area contributed by atoms with Crippen molar-refractivity contribution in [3.8, 4) is 0 Å². The molecule has 3 rings (SSSR count). The maximum Gasteiger partial charge on any atom is 0.430 e. The number of thioether (sulfide) groups is 1. The molecule has 13 heteroatoms. The number of rotatable bonds is 3. The van der Waals surface area contributed by atoms with E-state index in [1.807, 2.05) is 0 Å². The molecular formula is C17H12F7NO3S2. The number of alkyl halides is 6. The lowest BCUT2D eigenvalue weighted by Crippen LogP contribution is -2.54. The molecule has 0 aromatic heterocycles. The van der Waals surface area contributed by atoms with Crippen molar-refractivity contribution in [1.82, 2.24) is 0 Å². The van der Waals surface area contributed by atoms with Gasteiger partial charge in [-0.15, -0.1) is 11.8 Å². The first-order valence-corrected chi connectivity index (χ1v) is 10.5. The van der Waals surface area contributed by atoms with Crippen LogP contribution in [-0.4, -0.2) is 38.2 Å². The molecule has 0 fully saturated rings. The minimum absolute atomic E-state index is 0.0351. The second-order valence-electron chi connectivity index (χ2n) is 6.27. The van der Waals surface area contributed by atoms with Gasteiger partial charge in [-0.25, -0.2) is 12.8 Å². The molecule has 0 aliphatic carbocycles. The molecule has 0 atom stereocenters. The predicted octanol–water partition coefficient (Wildman–Crippen LogP) is 4.44. The number of hydrogen-bond donors (Lipinski definition) is 1. The van der Waals surface area contributed by atoms with Gasteiger partial charge in [-0.05, 0) is 36.4 Å². The van der Waals surface area contributed by atoms with E-state index in [1.54, 1.807) is 0 Å². The minimum atomic E-state index is -6.06. The summed E-state index contributed by atoms with van der Waals surface area (Å²) < 4.78 is 118. The molecular weight excluding hydrogens is 463 g/mol. The number of hydrogen-bond acceptors (Lipinski definition) is 4. The maximum absolute atomic E-state index is 13.1. The number of benzene rings is 2. The van der Waals surface area contributed by atoms with Crippen molar-refractivity contribution in [2.45, 2.75) is 27.7 Å². The quantitative estimate of drug-likeness (QED) is 0.668. The van der Waals surface area contributed by atoms with E-state index < -0.39 is 39.4 Å². The number of halogens is 7. The molecule has 0 spiro atoms. The van der Waals surface area contributed by atoms with Gasteiger partial charge in [0.1, 0.15) is 5.82 Å². The lowest BCUT2D eigenvalue weighted by molar-refractivity contribution is -0.376. The van der Waals surface area contributed by atoms with Crippen molar-refractivity contribution in [2.75, 3.05) is 16.6 Å². The lowest BCUT2D eigenvalue weighted by Gasteiger charge is -2.35. The van der Waals surface area contributed by atoms with Crippen molar-refractivity contribution in [3.05, 3.63) is 53.8 Å². The van der Waals surface area contributed by atoms with Crippen LogP contribution in [0.2, 0.25) is 0 Å². The van der Waals surface area contributed by atoms with Crippen LogP contribution in [0, 0.1) is 5.82 Å². The van der Waals surface area contributed by atoms with Crippen molar-refractivity contribution in [2.24, 2.45) is 0 Å². The van der Waals surface area contributed by atoms with E-state index in [4.69, 9.17) is 0 Å².